The lowest BCUT2D eigenvalue weighted by molar-refractivity contribution is 0.0943. The number of nitrogens with zero attached hydrogens (tertiary/aromatic N) is 1. The molecule has 0 bridgehead atoms. The quantitative estimate of drug-likeness (QED) is 0.824. The van der Waals surface area contributed by atoms with Crippen LogP contribution in [0.25, 0.3) is 0 Å². The lowest BCUT2D eigenvalue weighted by Gasteiger charge is -2.33. The van der Waals surface area contributed by atoms with Crippen LogP contribution in [-0.2, 0) is 0 Å². The zero-order valence-electron chi connectivity index (χ0n) is 16.5. The minimum absolute atomic E-state index is 0.0172. The molecular weight excluding hydrogens is 338 g/mol. The highest BCUT2D eigenvalue weighted by molar-refractivity contribution is 5.94. The molecule has 27 heavy (non-hydrogen) atoms. The molecule has 5 nitrogen and oxygen atoms in total. The number of urea groups is 1. The second-order valence-corrected chi connectivity index (χ2v) is 7.96. The van der Waals surface area contributed by atoms with Crippen molar-refractivity contribution in [2.45, 2.75) is 57.8 Å². The van der Waals surface area contributed by atoms with E-state index in [4.69, 9.17) is 0 Å². The summed E-state index contributed by atoms with van der Waals surface area (Å²) in [5, 5.41) is 6.02. The van der Waals surface area contributed by atoms with Crippen molar-refractivity contribution < 1.29 is 9.59 Å². The Balaban J connectivity index is 1.59. The maximum Gasteiger partial charge on any atom is 0.317 e. The summed E-state index contributed by atoms with van der Waals surface area (Å²) in [7, 11) is 0. The van der Waals surface area contributed by atoms with Crippen molar-refractivity contribution in [2.24, 2.45) is 5.92 Å². The fraction of sp³-hybridized carbons (Fsp3) is 0.636. The van der Waals surface area contributed by atoms with E-state index in [1.165, 1.54) is 32.1 Å². The molecule has 3 amide bonds. The third kappa shape index (κ3) is 5.47. The van der Waals surface area contributed by atoms with Crippen LogP contribution in [0, 0.1) is 5.92 Å². The van der Waals surface area contributed by atoms with Gasteiger partial charge in [-0.3, -0.25) is 4.79 Å². The smallest absolute Gasteiger partial charge is 0.317 e. The molecular formula is C22H33N3O2. The fourth-order valence-corrected chi connectivity index (χ4v) is 4.36. The van der Waals surface area contributed by atoms with Gasteiger partial charge >= 0.3 is 6.03 Å². The summed E-state index contributed by atoms with van der Waals surface area (Å²) in [4.78, 5) is 26.6. The van der Waals surface area contributed by atoms with Crippen LogP contribution in [0.5, 0.6) is 0 Å². The van der Waals surface area contributed by atoms with Gasteiger partial charge in [0.25, 0.3) is 5.91 Å². The van der Waals surface area contributed by atoms with Gasteiger partial charge in [-0.2, -0.15) is 0 Å². The van der Waals surface area contributed by atoms with Gasteiger partial charge < -0.3 is 15.5 Å². The molecule has 1 saturated carbocycles. The zero-order chi connectivity index (χ0) is 19.1. The lowest BCUT2D eigenvalue weighted by Crippen LogP contribution is -2.44. The second kappa shape index (κ2) is 9.77. The normalized spacial score (nSPS) is 20.9. The van der Waals surface area contributed by atoms with E-state index in [9.17, 15) is 9.59 Å². The van der Waals surface area contributed by atoms with E-state index >= 15 is 0 Å². The van der Waals surface area contributed by atoms with Crippen LogP contribution in [0.2, 0.25) is 0 Å². The maximum atomic E-state index is 12.6. The molecule has 1 aromatic rings. The first-order chi connectivity index (χ1) is 13.2. The van der Waals surface area contributed by atoms with Crippen LogP contribution in [0.1, 0.15) is 73.7 Å². The van der Waals surface area contributed by atoms with Gasteiger partial charge in [0, 0.05) is 37.7 Å². The van der Waals surface area contributed by atoms with Crippen molar-refractivity contribution in [3.63, 3.8) is 0 Å². The highest BCUT2D eigenvalue weighted by atomic mass is 16.2. The molecule has 2 N–H and O–H groups in total. The van der Waals surface area contributed by atoms with Crippen molar-refractivity contribution in [3.05, 3.63) is 35.4 Å². The highest BCUT2D eigenvalue weighted by Crippen LogP contribution is 2.28. The lowest BCUT2D eigenvalue weighted by atomic mass is 9.89. The molecule has 5 heteroatoms. The van der Waals surface area contributed by atoms with Crippen LogP contribution in [0.15, 0.2) is 24.3 Å². The van der Waals surface area contributed by atoms with Gasteiger partial charge in [0.2, 0.25) is 0 Å². The van der Waals surface area contributed by atoms with Crippen molar-refractivity contribution in [1.82, 2.24) is 15.5 Å². The van der Waals surface area contributed by atoms with Crippen molar-refractivity contribution in [2.75, 3.05) is 26.2 Å². The predicted molar refractivity (Wildman–Crippen MR) is 108 cm³/mol. The Bertz CT molecular complexity index is 640. The summed E-state index contributed by atoms with van der Waals surface area (Å²) in [6, 6.07) is 7.98. The van der Waals surface area contributed by atoms with E-state index in [1.807, 2.05) is 30.0 Å². The molecule has 2 aliphatic rings. The van der Waals surface area contributed by atoms with E-state index in [0.29, 0.717) is 18.4 Å². The summed E-state index contributed by atoms with van der Waals surface area (Å²) in [6.45, 7) is 4.91. The summed E-state index contributed by atoms with van der Waals surface area (Å²) < 4.78 is 0. The van der Waals surface area contributed by atoms with E-state index in [1.54, 1.807) is 0 Å². The molecule has 3 rings (SSSR count). The molecule has 1 aliphatic heterocycles. The van der Waals surface area contributed by atoms with Gasteiger partial charge in [0.15, 0.2) is 0 Å². The molecule has 0 aromatic heterocycles. The number of piperidine rings is 1. The minimum atomic E-state index is 0.0172. The average Bonchev–Trinajstić information content (AvgIpc) is 2.73. The molecule has 1 atom stereocenters. The minimum Gasteiger partial charge on any atom is -0.352 e. The Morgan fingerprint density at radius 2 is 1.89 bits per heavy atom. The van der Waals surface area contributed by atoms with Crippen LogP contribution >= 0.6 is 0 Å². The number of nitrogens with one attached hydrogen (secondary N) is 2. The van der Waals surface area contributed by atoms with Gasteiger partial charge in [-0.15, -0.1) is 0 Å². The van der Waals surface area contributed by atoms with Gasteiger partial charge in [0.1, 0.15) is 0 Å². The zero-order valence-corrected chi connectivity index (χ0v) is 16.5. The Labute approximate surface area is 162 Å². The van der Waals surface area contributed by atoms with Gasteiger partial charge in [-0.05, 0) is 56.2 Å². The Morgan fingerprint density at radius 3 is 2.67 bits per heavy atom. The van der Waals surface area contributed by atoms with Gasteiger partial charge in [-0.25, -0.2) is 4.79 Å². The highest BCUT2D eigenvalue weighted by Gasteiger charge is 2.25. The number of amides is 3. The van der Waals surface area contributed by atoms with Crippen LogP contribution in [0.3, 0.4) is 0 Å². The Kier molecular flexibility index (Phi) is 7.13. The second-order valence-electron chi connectivity index (χ2n) is 7.96. The molecule has 1 heterocycles. The maximum absolute atomic E-state index is 12.6. The Morgan fingerprint density at radius 1 is 1.07 bits per heavy atom. The molecule has 1 aromatic carbocycles. The number of likely N-dealkylation sites (tertiary alicyclic amines) is 1. The van der Waals surface area contributed by atoms with Gasteiger partial charge in [0.05, 0.1) is 0 Å². The molecule has 1 saturated heterocycles. The third-order valence-corrected chi connectivity index (χ3v) is 5.93. The molecule has 1 aliphatic carbocycles. The third-order valence-electron chi connectivity index (χ3n) is 5.93. The van der Waals surface area contributed by atoms with Crippen molar-refractivity contribution >= 4 is 11.9 Å². The number of hydrogen-bond donors (Lipinski definition) is 2. The number of benzene rings is 1. The molecule has 0 unspecified atom stereocenters. The van der Waals surface area contributed by atoms with E-state index in [2.05, 4.69) is 16.7 Å². The van der Waals surface area contributed by atoms with Crippen molar-refractivity contribution in [1.29, 1.82) is 0 Å². The van der Waals surface area contributed by atoms with Crippen LogP contribution in [-0.4, -0.2) is 43.0 Å². The number of carbonyl (C=O) groups is 2. The van der Waals surface area contributed by atoms with E-state index < -0.39 is 0 Å². The SMILES string of the molecule is CCNC(=O)N1CCC[C@@H](c2cccc(C(=O)NCC3CCCCC3)c2)C1. The first kappa shape index (κ1) is 19.7. The fourth-order valence-electron chi connectivity index (χ4n) is 4.36. The van der Waals surface area contributed by atoms with E-state index in [0.717, 1.165) is 43.6 Å². The summed E-state index contributed by atoms with van der Waals surface area (Å²) in [6.07, 6.45) is 8.44. The summed E-state index contributed by atoms with van der Waals surface area (Å²) >= 11 is 0. The first-order valence-corrected chi connectivity index (χ1v) is 10.6. The largest absolute Gasteiger partial charge is 0.352 e. The number of rotatable bonds is 5. The molecule has 0 radical (unpaired) electrons. The molecule has 0 spiro atoms. The predicted octanol–water partition coefficient (Wildman–Crippen LogP) is 3.91. The monoisotopic (exact) mass is 371 g/mol. The van der Waals surface area contributed by atoms with Crippen molar-refractivity contribution in [3.8, 4) is 0 Å². The first-order valence-electron chi connectivity index (χ1n) is 10.6. The number of hydrogen-bond acceptors (Lipinski definition) is 2. The van der Waals surface area contributed by atoms with E-state index in [-0.39, 0.29) is 11.9 Å². The molecule has 148 valence electrons. The van der Waals surface area contributed by atoms with Crippen LogP contribution < -0.4 is 10.6 Å². The Hall–Kier alpha value is -2.04. The number of carbonyl (C=O) groups excluding carboxylic acids is 2. The summed E-state index contributed by atoms with van der Waals surface area (Å²) in [5.74, 6) is 0.959. The standard InChI is InChI=1S/C22H33N3O2/c1-2-23-22(27)25-13-7-12-20(16-25)18-10-6-11-19(14-18)21(26)24-15-17-8-4-3-5-9-17/h6,10-11,14,17,20H,2-5,7-9,12-13,15-16H2,1H3,(H,23,27)(H,24,26)/t20-/m1/s1. The molecule has 2 fully saturated rings. The topological polar surface area (TPSA) is 61.4 Å². The van der Waals surface area contributed by atoms with Crippen LogP contribution in [0.4, 0.5) is 4.79 Å². The van der Waals surface area contributed by atoms with Gasteiger partial charge in [-0.1, -0.05) is 31.4 Å². The summed E-state index contributed by atoms with van der Waals surface area (Å²) in [5.41, 5.74) is 1.90. The average molecular weight is 372 g/mol.